The molecule has 0 aliphatic heterocycles. The molecule has 6 heteroatoms. The van der Waals surface area contributed by atoms with Crippen molar-refractivity contribution in [2.45, 2.75) is 6.92 Å². The van der Waals surface area contributed by atoms with E-state index in [1.165, 1.54) is 0 Å². The summed E-state index contributed by atoms with van der Waals surface area (Å²) < 4.78 is 0. The van der Waals surface area contributed by atoms with Crippen LogP contribution < -0.4 is 10.8 Å². The number of hydrogen-bond donors (Lipinski definition) is 3. The topological polar surface area (TPSA) is 119 Å². The van der Waals surface area contributed by atoms with Crippen LogP contribution in [0.15, 0.2) is 0 Å². The Balaban J connectivity index is 3.26. The van der Waals surface area contributed by atoms with Gasteiger partial charge < -0.3 is 21.2 Å². The third kappa shape index (κ3) is 1.26. The molecular formula is C6H7N4O2-. The predicted molar refractivity (Wildman–Crippen MR) is 38.7 cm³/mol. The highest BCUT2D eigenvalue weighted by Gasteiger charge is 2.12. The Morgan fingerprint density at radius 2 is 2.33 bits per heavy atom. The number of nitrogens with zero attached hydrogens (tertiary/aromatic N) is 1. The van der Waals surface area contributed by atoms with E-state index in [0.29, 0.717) is 5.82 Å². The molecule has 0 bridgehead atoms. The summed E-state index contributed by atoms with van der Waals surface area (Å²) in [7, 11) is 0. The second-order valence-electron chi connectivity index (χ2n) is 2.24. The van der Waals surface area contributed by atoms with Crippen LogP contribution in [0.1, 0.15) is 22.0 Å². The van der Waals surface area contributed by atoms with Crippen LogP contribution in [0, 0.1) is 12.3 Å². The monoisotopic (exact) mass is 167 g/mol. The average Bonchev–Trinajstić information content (AvgIpc) is 2.31. The van der Waals surface area contributed by atoms with Crippen molar-refractivity contribution in [3.8, 4) is 0 Å². The van der Waals surface area contributed by atoms with Crippen LogP contribution in [0.5, 0.6) is 0 Å². The number of nitrogens with one attached hydrogen (secondary N) is 2. The molecule has 1 aromatic heterocycles. The van der Waals surface area contributed by atoms with Crippen LogP contribution >= 0.6 is 0 Å². The molecule has 0 unspecified atom stereocenters. The van der Waals surface area contributed by atoms with E-state index in [-0.39, 0.29) is 11.4 Å². The molecule has 0 saturated heterocycles. The minimum Gasteiger partial charge on any atom is -0.858 e. The first-order chi connectivity index (χ1) is 5.52. The van der Waals surface area contributed by atoms with Crippen LogP contribution in [0.4, 0.5) is 0 Å². The first kappa shape index (κ1) is 8.25. The van der Waals surface area contributed by atoms with Crippen LogP contribution in [-0.2, 0) is 0 Å². The molecule has 0 aromatic carbocycles. The summed E-state index contributed by atoms with van der Waals surface area (Å²) in [6.45, 7) is 1.57. The third-order valence-corrected chi connectivity index (χ3v) is 1.28. The summed E-state index contributed by atoms with van der Waals surface area (Å²) in [6.07, 6.45) is 0. The fourth-order valence-electron chi connectivity index (χ4n) is 0.834. The van der Waals surface area contributed by atoms with Crippen molar-refractivity contribution in [1.29, 1.82) is 5.41 Å². The maximum atomic E-state index is 10.6. The minimum atomic E-state index is -0.996. The molecule has 0 spiro atoms. The maximum Gasteiger partial charge on any atom is 0.269 e. The first-order valence-corrected chi connectivity index (χ1v) is 3.14. The normalized spacial score (nSPS) is 9.75. The SMILES string of the molecule is Cc1nc(C(N)=O)c(C(=N)[O-])[nH]1. The molecule has 6 nitrogen and oxygen atoms in total. The largest absolute Gasteiger partial charge is 0.858 e. The number of hydrogen-bond acceptors (Lipinski definition) is 4. The van der Waals surface area contributed by atoms with Gasteiger partial charge in [0.15, 0.2) is 5.69 Å². The van der Waals surface area contributed by atoms with Gasteiger partial charge in [0, 0.05) is 5.90 Å². The van der Waals surface area contributed by atoms with E-state index in [4.69, 9.17) is 11.1 Å². The molecule has 0 atom stereocenters. The Labute approximate surface area is 67.9 Å². The van der Waals surface area contributed by atoms with E-state index in [2.05, 4.69) is 9.97 Å². The van der Waals surface area contributed by atoms with Crippen molar-refractivity contribution < 1.29 is 9.90 Å². The highest BCUT2D eigenvalue weighted by atomic mass is 16.3. The van der Waals surface area contributed by atoms with Crippen LogP contribution in [0.3, 0.4) is 0 Å². The Morgan fingerprint density at radius 3 is 2.67 bits per heavy atom. The molecule has 1 amide bonds. The zero-order chi connectivity index (χ0) is 9.30. The van der Waals surface area contributed by atoms with Crippen molar-refractivity contribution in [3.05, 3.63) is 17.2 Å². The maximum absolute atomic E-state index is 10.6. The second kappa shape index (κ2) is 2.65. The lowest BCUT2D eigenvalue weighted by Crippen LogP contribution is -2.23. The molecule has 64 valence electrons. The number of nitrogens with two attached hydrogens (primary N) is 1. The molecule has 1 aromatic rings. The van der Waals surface area contributed by atoms with Gasteiger partial charge in [0.25, 0.3) is 5.91 Å². The highest BCUT2D eigenvalue weighted by Crippen LogP contribution is 2.03. The van der Waals surface area contributed by atoms with Gasteiger partial charge >= 0.3 is 0 Å². The van der Waals surface area contributed by atoms with Gasteiger partial charge in [-0.1, -0.05) is 0 Å². The van der Waals surface area contributed by atoms with Gasteiger partial charge in [-0.05, 0) is 6.92 Å². The number of aromatic amines is 1. The lowest BCUT2D eigenvalue weighted by Gasteiger charge is -2.04. The van der Waals surface area contributed by atoms with Gasteiger partial charge in [-0.25, -0.2) is 4.98 Å². The van der Waals surface area contributed by atoms with E-state index in [1.54, 1.807) is 6.92 Å². The fraction of sp³-hybridized carbons (Fsp3) is 0.167. The number of carbonyl (C=O) groups excluding carboxylic acids is 1. The molecule has 0 aliphatic carbocycles. The zero-order valence-corrected chi connectivity index (χ0v) is 6.34. The summed E-state index contributed by atoms with van der Waals surface area (Å²) in [6, 6.07) is 0. The van der Waals surface area contributed by atoms with Crippen molar-refractivity contribution in [2.24, 2.45) is 5.73 Å². The quantitative estimate of drug-likeness (QED) is 0.367. The summed E-state index contributed by atoms with van der Waals surface area (Å²) in [5.41, 5.74) is 4.58. The highest BCUT2D eigenvalue weighted by molar-refractivity contribution is 6.01. The zero-order valence-electron chi connectivity index (χ0n) is 6.34. The lowest BCUT2D eigenvalue weighted by atomic mass is 10.3. The van der Waals surface area contributed by atoms with Crippen molar-refractivity contribution in [3.63, 3.8) is 0 Å². The van der Waals surface area contributed by atoms with E-state index in [9.17, 15) is 9.90 Å². The molecular weight excluding hydrogens is 160 g/mol. The molecule has 0 aliphatic rings. The first-order valence-electron chi connectivity index (χ1n) is 3.14. The van der Waals surface area contributed by atoms with Gasteiger partial charge in [0.2, 0.25) is 0 Å². The van der Waals surface area contributed by atoms with Gasteiger partial charge in [0.1, 0.15) is 5.82 Å². The van der Waals surface area contributed by atoms with Crippen molar-refractivity contribution >= 4 is 11.8 Å². The smallest absolute Gasteiger partial charge is 0.269 e. The molecule has 0 radical (unpaired) electrons. The van der Waals surface area contributed by atoms with Crippen molar-refractivity contribution in [2.75, 3.05) is 0 Å². The number of primary amides is 1. The van der Waals surface area contributed by atoms with Gasteiger partial charge in [0.05, 0.1) is 5.69 Å². The summed E-state index contributed by atoms with van der Waals surface area (Å²) in [5.74, 6) is -1.42. The van der Waals surface area contributed by atoms with Crippen LogP contribution in [0.2, 0.25) is 0 Å². The Morgan fingerprint density at radius 1 is 1.75 bits per heavy atom. The van der Waals surface area contributed by atoms with E-state index in [1.807, 2.05) is 0 Å². The number of amides is 1. The Kier molecular flexibility index (Phi) is 1.82. The van der Waals surface area contributed by atoms with Crippen LogP contribution in [0.25, 0.3) is 0 Å². The number of H-pyrrole nitrogens is 1. The molecule has 1 heterocycles. The Hall–Kier alpha value is -1.85. The standard InChI is InChI=1S/C6H8N4O2/c1-2-9-3(5(7)11)4(10-2)6(8)12/h1H3,(H2,7,11)(H2,8,12)(H,9,10)/p-1. The Bertz CT molecular complexity index is 310. The predicted octanol–water partition coefficient (Wildman–Crippen LogP) is -1.50. The minimum absolute atomic E-state index is 0.153. The number of carbonyl (C=O) groups is 1. The number of imidazole rings is 1. The molecule has 4 N–H and O–H groups in total. The van der Waals surface area contributed by atoms with E-state index >= 15 is 0 Å². The van der Waals surface area contributed by atoms with Crippen molar-refractivity contribution in [1.82, 2.24) is 9.97 Å². The third-order valence-electron chi connectivity index (χ3n) is 1.28. The summed E-state index contributed by atoms with van der Waals surface area (Å²) in [4.78, 5) is 16.8. The van der Waals surface area contributed by atoms with Gasteiger partial charge in [-0.15, -0.1) is 0 Å². The molecule has 0 fully saturated rings. The molecule has 0 saturated carbocycles. The summed E-state index contributed by atoms with van der Waals surface area (Å²) in [5, 5.41) is 17.3. The van der Waals surface area contributed by atoms with E-state index in [0.717, 1.165) is 0 Å². The average molecular weight is 167 g/mol. The molecule has 12 heavy (non-hydrogen) atoms. The van der Waals surface area contributed by atoms with Gasteiger partial charge in [-0.2, -0.15) is 0 Å². The number of aromatic nitrogens is 2. The second-order valence-corrected chi connectivity index (χ2v) is 2.24. The summed E-state index contributed by atoms with van der Waals surface area (Å²) >= 11 is 0. The molecule has 1 rings (SSSR count). The fourth-order valence-corrected chi connectivity index (χ4v) is 0.834. The number of rotatable bonds is 2. The van der Waals surface area contributed by atoms with E-state index < -0.39 is 11.8 Å². The van der Waals surface area contributed by atoms with Gasteiger partial charge in [-0.3, -0.25) is 4.79 Å². The lowest BCUT2D eigenvalue weighted by molar-refractivity contribution is -0.214. The number of aryl methyl sites for hydroxylation is 1. The van der Waals surface area contributed by atoms with Crippen LogP contribution in [-0.4, -0.2) is 21.8 Å².